The molecule has 0 saturated heterocycles. The van der Waals surface area contributed by atoms with Crippen LogP contribution < -0.4 is 10.6 Å². The predicted molar refractivity (Wildman–Crippen MR) is 61.3 cm³/mol. The number of hydrogen-bond donors (Lipinski definition) is 1. The zero-order chi connectivity index (χ0) is 13.9. The van der Waals surface area contributed by atoms with Crippen molar-refractivity contribution in [3.63, 3.8) is 0 Å². The highest BCUT2D eigenvalue weighted by Crippen LogP contribution is 2.32. The normalized spacial score (nSPS) is 11.4. The van der Waals surface area contributed by atoms with Crippen molar-refractivity contribution < 1.29 is 18.0 Å². The minimum atomic E-state index is -4.52. The Kier molecular flexibility index (Phi) is 4.39. The Morgan fingerprint density at radius 3 is 2.56 bits per heavy atom. The molecular weight excluding hydrogens is 271 g/mol. The fourth-order valence-corrected chi connectivity index (χ4v) is 1.56. The van der Waals surface area contributed by atoms with Crippen LogP contribution in [-0.4, -0.2) is 24.0 Å². The largest absolute Gasteiger partial charge is 0.416 e. The highest BCUT2D eigenvalue weighted by atomic mass is 35.5. The molecule has 0 spiro atoms. The van der Waals surface area contributed by atoms with Crippen LogP contribution in [0.1, 0.15) is 12.5 Å². The van der Waals surface area contributed by atoms with E-state index in [0.717, 1.165) is 12.1 Å². The van der Waals surface area contributed by atoms with Gasteiger partial charge in [0.15, 0.2) is 0 Å². The van der Waals surface area contributed by atoms with Crippen molar-refractivity contribution in [2.24, 2.45) is 5.73 Å². The number of likely N-dealkylation sites (N-methyl/N-ethyl adjacent to an activating group) is 1. The summed E-state index contributed by atoms with van der Waals surface area (Å²) in [7, 11) is 0. The summed E-state index contributed by atoms with van der Waals surface area (Å²) >= 11 is 5.54. The maximum Gasteiger partial charge on any atom is 0.416 e. The van der Waals surface area contributed by atoms with Gasteiger partial charge in [-0.3, -0.25) is 4.79 Å². The standard InChI is InChI=1S/C10H11ClF3N3O/c1-2-17(5-8(15)18)9-4-6(10(12,13)14)3-7(11)16-9/h3-4H,2,5H2,1H3,(H2,15,18). The Bertz CT molecular complexity index is 450. The third-order valence-electron chi connectivity index (χ3n) is 2.16. The summed E-state index contributed by atoms with van der Waals surface area (Å²) in [6, 6.07) is 1.56. The lowest BCUT2D eigenvalue weighted by atomic mass is 10.2. The average molecular weight is 282 g/mol. The monoisotopic (exact) mass is 281 g/mol. The second-order valence-electron chi connectivity index (χ2n) is 3.51. The van der Waals surface area contributed by atoms with Gasteiger partial charge in [0, 0.05) is 6.54 Å². The van der Waals surface area contributed by atoms with Crippen LogP contribution in [0.4, 0.5) is 19.0 Å². The molecule has 0 aliphatic carbocycles. The molecule has 1 aromatic rings. The number of pyridine rings is 1. The number of carbonyl (C=O) groups is 1. The van der Waals surface area contributed by atoms with Crippen molar-refractivity contribution in [1.29, 1.82) is 0 Å². The Labute approximate surface area is 107 Å². The number of nitrogens with zero attached hydrogens (tertiary/aromatic N) is 2. The first-order chi connectivity index (χ1) is 8.24. The van der Waals surface area contributed by atoms with Crippen LogP contribution in [0.2, 0.25) is 5.15 Å². The summed E-state index contributed by atoms with van der Waals surface area (Å²) in [6.07, 6.45) is -4.52. The number of amides is 1. The van der Waals surface area contributed by atoms with E-state index >= 15 is 0 Å². The molecule has 1 rings (SSSR count). The van der Waals surface area contributed by atoms with Gasteiger partial charge in [-0.1, -0.05) is 11.6 Å². The smallest absolute Gasteiger partial charge is 0.368 e. The molecular formula is C10H11ClF3N3O. The molecule has 0 aliphatic rings. The molecule has 0 unspecified atom stereocenters. The predicted octanol–water partition coefficient (Wildman–Crippen LogP) is 2.07. The Hall–Kier alpha value is -1.50. The van der Waals surface area contributed by atoms with Crippen molar-refractivity contribution in [3.8, 4) is 0 Å². The molecule has 100 valence electrons. The summed E-state index contributed by atoms with van der Waals surface area (Å²) in [5, 5.41) is -0.289. The highest BCUT2D eigenvalue weighted by Gasteiger charge is 2.32. The molecule has 2 N–H and O–H groups in total. The lowest BCUT2D eigenvalue weighted by Crippen LogP contribution is -2.34. The van der Waals surface area contributed by atoms with Gasteiger partial charge in [0.25, 0.3) is 0 Å². The summed E-state index contributed by atoms with van der Waals surface area (Å²) in [5.41, 5.74) is 4.09. The maximum absolute atomic E-state index is 12.6. The van der Waals surface area contributed by atoms with Crippen LogP contribution in [0.25, 0.3) is 0 Å². The van der Waals surface area contributed by atoms with Gasteiger partial charge in [-0.05, 0) is 19.1 Å². The quantitative estimate of drug-likeness (QED) is 0.860. The van der Waals surface area contributed by atoms with Gasteiger partial charge < -0.3 is 10.6 Å². The molecule has 0 radical (unpaired) electrons. The highest BCUT2D eigenvalue weighted by molar-refractivity contribution is 6.29. The lowest BCUT2D eigenvalue weighted by Gasteiger charge is -2.21. The van der Waals surface area contributed by atoms with Crippen LogP contribution >= 0.6 is 11.6 Å². The van der Waals surface area contributed by atoms with E-state index in [4.69, 9.17) is 17.3 Å². The van der Waals surface area contributed by atoms with Crippen LogP contribution in [-0.2, 0) is 11.0 Å². The van der Waals surface area contributed by atoms with E-state index in [9.17, 15) is 18.0 Å². The van der Waals surface area contributed by atoms with Crippen LogP contribution in [0.15, 0.2) is 12.1 Å². The van der Waals surface area contributed by atoms with E-state index in [0.29, 0.717) is 0 Å². The number of alkyl halides is 3. The van der Waals surface area contributed by atoms with E-state index < -0.39 is 17.6 Å². The minimum Gasteiger partial charge on any atom is -0.368 e. The van der Waals surface area contributed by atoms with Crippen molar-refractivity contribution in [2.75, 3.05) is 18.0 Å². The topological polar surface area (TPSA) is 59.2 Å². The molecule has 0 fully saturated rings. The fourth-order valence-electron chi connectivity index (χ4n) is 1.35. The Balaban J connectivity index is 3.15. The van der Waals surface area contributed by atoms with Crippen molar-refractivity contribution >= 4 is 23.3 Å². The molecule has 0 bridgehead atoms. The molecule has 4 nitrogen and oxygen atoms in total. The van der Waals surface area contributed by atoms with E-state index in [1.165, 1.54) is 4.90 Å². The molecule has 1 amide bonds. The van der Waals surface area contributed by atoms with E-state index in [2.05, 4.69) is 4.98 Å². The second kappa shape index (κ2) is 5.43. The average Bonchev–Trinajstić information content (AvgIpc) is 2.23. The first kappa shape index (κ1) is 14.6. The van der Waals surface area contributed by atoms with Gasteiger partial charge in [-0.2, -0.15) is 13.2 Å². The summed E-state index contributed by atoms with van der Waals surface area (Å²) in [4.78, 5) is 15.9. The van der Waals surface area contributed by atoms with Crippen molar-refractivity contribution in [1.82, 2.24) is 4.98 Å². The van der Waals surface area contributed by atoms with Gasteiger partial charge in [0.05, 0.1) is 12.1 Å². The van der Waals surface area contributed by atoms with Crippen LogP contribution in [0, 0.1) is 0 Å². The number of anilines is 1. The molecule has 18 heavy (non-hydrogen) atoms. The van der Waals surface area contributed by atoms with E-state index in [1.807, 2.05) is 0 Å². The van der Waals surface area contributed by atoms with Gasteiger partial charge in [0.1, 0.15) is 11.0 Å². The number of rotatable bonds is 4. The molecule has 0 saturated carbocycles. The van der Waals surface area contributed by atoms with Gasteiger partial charge >= 0.3 is 6.18 Å². The van der Waals surface area contributed by atoms with Crippen molar-refractivity contribution in [3.05, 3.63) is 22.8 Å². The first-order valence-corrected chi connectivity index (χ1v) is 5.40. The Morgan fingerprint density at radius 2 is 2.11 bits per heavy atom. The number of primary amides is 1. The van der Waals surface area contributed by atoms with Gasteiger partial charge in [-0.15, -0.1) is 0 Å². The van der Waals surface area contributed by atoms with Crippen LogP contribution in [0.3, 0.4) is 0 Å². The van der Waals surface area contributed by atoms with Gasteiger partial charge in [-0.25, -0.2) is 4.98 Å². The SMILES string of the molecule is CCN(CC(N)=O)c1cc(C(F)(F)F)cc(Cl)n1. The lowest BCUT2D eigenvalue weighted by molar-refractivity contribution is -0.137. The minimum absolute atomic E-state index is 0.0314. The number of aromatic nitrogens is 1. The number of hydrogen-bond acceptors (Lipinski definition) is 3. The van der Waals surface area contributed by atoms with E-state index in [1.54, 1.807) is 6.92 Å². The third kappa shape index (κ3) is 3.76. The van der Waals surface area contributed by atoms with Gasteiger partial charge in [0.2, 0.25) is 5.91 Å². The Morgan fingerprint density at radius 1 is 1.50 bits per heavy atom. The van der Waals surface area contributed by atoms with E-state index in [-0.39, 0.29) is 24.1 Å². The summed E-state index contributed by atoms with van der Waals surface area (Å²) in [6.45, 7) is 1.73. The van der Waals surface area contributed by atoms with Crippen molar-refractivity contribution in [2.45, 2.75) is 13.1 Å². The molecule has 8 heteroatoms. The second-order valence-corrected chi connectivity index (χ2v) is 3.90. The molecule has 0 aromatic carbocycles. The van der Waals surface area contributed by atoms with Crippen LogP contribution in [0.5, 0.6) is 0 Å². The maximum atomic E-state index is 12.6. The molecule has 1 aromatic heterocycles. The number of carbonyl (C=O) groups excluding carboxylic acids is 1. The molecule has 0 aliphatic heterocycles. The first-order valence-electron chi connectivity index (χ1n) is 5.02. The number of halogens is 4. The third-order valence-corrected chi connectivity index (χ3v) is 2.35. The summed E-state index contributed by atoms with van der Waals surface area (Å²) in [5.74, 6) is -0.691. The zero-order valence-corrected chi connectivity index (χ0v) is 10.2. The molecule has 1 heterocycles. The number of nitrogens with two attached hydrogens (primary N) is 1. The molecule has 0 atom stereocenters. The zero-order valence-electron chi connectivity index (χ0n) is 9.46. The fraction of sp³-hybridized carbons (Fsp3) is 0.400. The summed E-state index contributed by atoms with van der Waals surface area (Å²) < 4.78 is 37.7.